The van der Waals surface area contributed by atoms with Crippen molar-refractivity contribution in [3.05, 3.63) is 34.2 Å². The molecule has 1 heterocycles. The summed E-state index contributed by atoms with van der Waals surface area (Å²) in [6.45, 7) is 7.11. The number of carbonyl (C=O) groups is 1. The van der Waals surface area contributed by atoms with Crippen molar-refractivity contribution in [2.75, 3.05) is 0 Å². The summed E-state index contributed by atoms with van der Waals surface area (Å²) in [5.41, 5.74) is 0.160. The molecule has 18 heavy (non-hydrogen) atoms. The average Bonchev–Trinajstić information content (AvgIpc) is 2.54. The Bertz CT molecular complexity index is 658. The highest BCUT2D eigenvalue weighted by Gasteiger charge is 2.22. The molecule has 5 heteroatoms. The number of hydrogen-bond acceptors (Lipinski definition) is 4. The fraction of sp³-hybridized carbons (Fsp3) is 0.385. The first kappa shape index (κ1) is 12.4. The molecule has 0 radical (unpaired) electrons. The number of aryl methyl sites for hydroxylation is 1. The van der Waals surface area contributed by atoms with Gasteiger partial charge in [0.1, 0.15) is 11.1 Å². The maximum absolute atomic E-state index is 11.9. The molecule has 0 bridgehead atoms. The van der Waals surface area contributed by atoms with Gasteiger partial charge in [-0.05, 0) is 39.8 Å². The lowest BCUT2D eigenvalue weighted by Gasteiger charge is -2.18. The molecule has 2 rings (SSSR count). The van der Waals surface area contributed by atoms with Gasteiger partial charge in [0.2, 0.25) is 0 Å². The monoisotopic (exact) mass is 249 g/mol. The first-order chi connectivity index (χ1) is 8.28. The molecule has 0 aliphatic rings. The van der Waals surface area contributed by atoms with Gasteiger partial charge in [-0.3, -0.25) is 0 Å². The smallest absolute Gasteiger partial charge is 0.441 e. The lowest BCUT2D eigenvalue weighted by atomic mass is 10.2. The number of nitrogens with zero attached hydrogens (tertiary/aromatic N) is 1. The molecule has 0 saturated heterocycles. The van der Waals surface area contributed by atoms with Crippen LogP contribution in [0.25, 0.3) is 10.9 Å². The van der Waals surface area contributed by atoms with Crippen LogP contribution in [0.5, 0.6) is 0 Å². The third-order valence-corrected chi connectivity index (χ3v) is 2.32. The summed E-state index contributed by atoms with van der Waals surface area (Å²) in [7, 11) is 0. The summed E-state index contributed by atoms with van der Waals surface area (Å²) in [6.07, 6.45) is -0.696. The van der Waals surface area contributed by atoms with E-state index in [1.165, 1.54) is 0 Å². The molecule has 0 N–H and O–H groups in total. The van der Waals surface area contributed by atoms with Gasteiger partial charge in [0.15, 0.2) is 0 Å². The molecule has 1 aromatic carbocycles. The van der Waals surface area contributed by atoms with E-state index in [1.807, 2.05) is 6.92 Å². The first-order valence-corrected chi connectivity index (χ1v) is 5.64. The van der Waals surface area contributed by atoms with Crippen LogP contribution in [0, 0.1) is 6.92 Å². The molecule has 0 spiro atoms. The van der Waals surface area contributed by atoms with Gasteiger partial charge in [-0.2, -0.15) is 0 Å². The lowest BCUT2D eigenvalue weighted by Crippen LogP contribution is -2.26. The van der Waals surface area contributed by atoms with Crippen LogP contribution < -0.4 is 5.63 Å². The van der Waals surface area contributed by atoms with E-state index in [0.717, 1.165) is 10.3 Å². The van der Waals surface area contributed by atoms with Gasteiger partial charge in [-0.25, -0.2) is 9.59 Å². The van der Waals surface area contributed by atoms with Crippen molar-refractivity contribution in [3.63, 3.8) is 0 Å². The quantitative estimate of drug-likeness (QED) is 0.720. The molecule has 0 aliphatic heterocycles. The highest BCUT2D eigenvalue weighted by atomic mass is 16.6. The van der Waals surface area contributed by atoms with Crippen LogP contribution in [0.4, 0.5) is 4.79 Å². The zero-order chi connectivity index (χ0) is 13.5. The van der Waals surface area contributed by atoms with Crippen LogP contribution in [-0.4, -0.2) is 16.4 Å². The van der Waals surface area contributed by atoms with Crippen molar-refractivity contribution in [3.8, 4) is 0 Å². The highest BCUT2D eigenvalue weighted by Crippen LogP contribution is 2.16. The number of ether oxygens (including phenoxy) is 1. The van der Waals surface area contributed by atoms with E-state index in [0.29, 0.717) is 10.9 Å². The SMILES string of the molecule is Cc1ccc2c(c1)c(=O)on2C(=O)OC(C)(C)C. The van der Waals surface area contributed by atoms with Crippen molar-refractivity contribution < 1.29 is 14.1 Å². The third kappa shape index (κ3) is 2.30. The summed E-state index contributed by atoms with van der Waals surface area (Å²) in [5, 5.41) is 0.376. The zero-order valence-electron chi connectivity index (χ0n) is 10.8. The molecular formula is C13H15NO4. The number of benzene rings is 1. The molecule has 96 valence electrons. The van der Waals surface area contributed by atoms with Crippen LogP contribution in [-0.2, 0) is 4.74 Å². The standard InChI is InChI=1S/C13H15NO4/c1-8-5-6-10-9(7-8)11(15)18-14(10)12(16)17-13(2,3)4/h5-7H,1-4H3. The van der Waals surface area contributed by atoms with Crippen molar-refractivity contribution in [2.24, 2.45) is 0 Å². The summed E-state index contributed by atoms with van der Waals surface area (Å²) in [6, 6.07) is 5.15. The van der Waals surface area contributed by atoms with E-state index < -0.39 is 17.3 Å². The third-order valence-electron chi connectivity index (χ3n) is 2.32. The molecule has 5 nitrogen and oxygen atoms in total. The maximum Gasteiger partial charge on any atom is 0.448 e. The second-order valence-corrected chi connectivity index (χ2v) is 5.17. The van der Waals surface area contributed by atoms with Crippen LogP contribution in [0.15, 0.2) is 27.5 Å². The summed E-state index contributed by atoms with van der Waals surface area (Å²) < 4.78 is 11.0. The predicted molar refractivity (Wildman–Crippen MR) is 66.8 cm³/mol. The van der Waals surface area contributed by atoms with E-state index in [9.17, 15) is 9.59 Å². The Labute approximate surface area is 104 Å². The van der Waals surface area contributed by atoms with E-state index in [2.05, 4.69) is 0 Å². The van der Waals surface area contributed by atoms with Crippen molar-refractivity contribution in [1.29, 1.82) is 0 Å². The number of aromatic nitrogens is 1. The van der Waals surface area contributed by atoms with Crippen LogP contribution in [0.3, 0.4) is 0 Å². The minimum Gasteiger partial charge on any atom is -0.441 e. The van der Waals surface area contributed by atoms with Crippen molar-refractivity contribution in [1.82, 2.24) is 4.74 Å². The second-order valence-electron chi connectivity index (χ2n) is 5.17. The Kier molecular flexibility index (Phi) is 2.77. The number of fused-ring (bicyclic) bond motifs is 1. The molecule has 0 fully saturated rings. The van der Waals surface area contributed by atoms with Gasteiger partial charge in [0, 0.05) is 0 Å². The van der Waals surface area contributed by atoms with Crippen LogP contribution in [0.1, 0.15) is 26.3 Å². The number of hydrogen-bond donors (Lipinski definition) is 0. The van der Waals surface area contributed by atoms with Crippen molar-refractivity contribution in [2.45, 2.75) is 33.3 Å². The Morgan fingerprint density at radius 3 is 2.61 bits per heavy atom. The summed E-state index contributed by atoms with van der Waals surface area (Å²) in [4.78, 5) is 23.5. The van der Waals surface area contributed by atoms with Crippen molar-refractivity contribution >= 4 is 17.0 Å². The molecule has 0 amide bonds. The van der Waals surface area contributed by atoms with Gasteiger partial charge in [-0.1, -0.05) is 11.6 Å². The highest BCUT2D eigenvalue weighted by molar-refractivity contribution is 5.87. The Morgan fingerprint density at radius 2 is 2.00 bits per heavy atom. The Hall–Kier alpha value is -2.04. The normalized spacial score (nSPS) is 11.8. The second kappa shape index (κ2) is 4.01. The van der Waals surface area contributed by atoms with Crippen LogP contribution in [0.2, 0.25) is 0 Å². The average molecular weight is 249 g/mol. The summed E-state index contributed by atoms with van der Waals surface area (Å²) >= 11 is 0. The molecule has 2 aromatic rings. The van der Waals surface area contributed by atoms with Gasteiger partial charge in [0.05, 0.1) is 5.39 Å². The fourth-order valence-electron chi connectivity index (χ4n) is 1.61. The summed E-state index contributed by atoms with van der Waals surface area (Å²) in [5.74, 6) is 0. The number of carbonyl (C=O) groups excluding carboxylic acids is 1. The van der Waals surface area contributed by atoms with Crippen LogP contribution >= 0.6 is 0 Å². The Balaban J connectivity index is 2.53. The topological polar surface area (TPSA) is 61.4 Å². The largest absolute Gasteiger partial charge is 0.448 e. The maximum atomic E-state index is 11.9. The minimum atomic E-state index is -0.696. The van der Waals surface area contributed by atoms with E-state index in [-0.39, 0.29) is 0 Å². The number of rotatable bonds is 0. The van der Waals surface area contributed by atoms with Gasteiger partial charge < -0.3 is 9.26 Å². The predicted octanol–water partition coefficient (Wildman–Crippen LogP) is 2.69. The Morgan fingerprint density at radius 1 is 1.33 bits per heavy atom. The lowest BCUT2D eigenvalue weighted by molar-refractivity contribution is 0.0391. The van der Waals surface area contributed by atoms with Gasteiger partial charge in [-0.15, -0.1) is 4.74 Å². The van der Waals surface area contributed by atoms with Gasteiger partial charge >= 0.3 is 11.7 Å². The fourth-order valence-corrected chi connectivity index (χ4v) is 1.61. The van der Waals surface area contributed by atoms with E-state index in [4.69, 9.17) is 9.26 Å². The zero-order valence-corrected chi connectivity index (χ0v) is 10.8. The molecule has 0 atom stereocenters. The molecule has 0 aliphatic carbocycles. The first-order valence-electron chi connectivity index (χ1n) is 5.64. The molecular weight excluding hydrogens is 234 g/mol. The minimum absolute atomic E-state index is 0.376. The van der Waals surface area contributed by atoms with E-state index >= 15 is 0 Å². The van der Waals surface area contributed by atoms with Gasteiger partial charge in [0.25, 0.3) is 0 Å². The molecule has 0 unspecified atom stereocenters. The molecule has 1 aromatic heterocycles. The molecule has 0 saturated carbocycles. The van der Waals surface area contributed by atoms with E-state index in [1.54, 1.807) is 39.0 Å².